The van der Waals surface area contributed by atoms with Crippen molar-refractivity contribution >= 4 is 46.4 Å². The lowest BCUT2D eigenvalue weighted by atomic mass is 10.1. The second-order valence-corrected chi connectivity index (χ2v) is 7.81. The number of unbranched alkanes of at least 4 members (excludes halogenated alkanes) is 7. The summed E-state index contributed by atoms with van der Waals surface area (Å²) in [6.07, 6.45) is 11.8. The molecular formula is C13H24Cl4. The maximum atomic E-state index is 6.09. The lowest BCUT2D eigenvalue weighted by Crippen LogP contribution is -2.11. The van der Waals surface area contributed by atoms with Gasteiger partial charge in [0.15, 0.2) is 3.79 Å². The second-order valence-electron chi connectivity index (χ2n) is 4.68. The van der Waals surface area contributed by atoms with Gasteiger partial charge in [0.2, 0.25) is 0 Å². The van der Waals surface area contributed by atoms with Crippen LogP contribution in [0.3, 0.4) is 0 Å². The molecule has 0 heterocycles. The van der Waals surface area contributed by atoms with Crippen LogP contribution in [0.5, 0.6) is 0 Å². The fourth-order valence-corrected chi connectivity index (χ4v) is 3.03. The molecule has 0 saturated heterocycles. The van der Waals surface area contributed by atoms with E-state index < -0.39 is 3.79 Å². The molecule has 17 heavy (non-hydrogen) atoms. The van der Waals surface area contributed by atoms with Crippen LogP contribution in [-0.4, -0.2) is 9.17 Å². The number of hydrogen-bond donors (Lipinski definition) is 0. The predicted octanol–water partition coefficient (Wildman–Crippen LogP) is 6.88. The highest BCUT2D eigenvalue weighted by molar-refractivity contribution is 6.67. The fraction of sp³-hybridized carbons (Fsp3) is 1.00. The van der Waals surface area contributed by atoms with Crippen molar-refractivity contribution in [1.82, 2.24) is 0 Å². The summed E-state index contributed by atoms with van der Waals surface area (Å²) in [6.45, 7) is 2.24. The maximum absolute atomic E-state index is 6.09. The average Bonchev–Trinajstić information content (AvgIpc) is 2.19. The number of rotatable bonds is 10. The van der Waals surface area contributed by atoms with Crippen LogP contribution in [0.2, 0.25) is 0 Å². The standard InChI is InChI=1S/C13H24Cl4/c1-2-3-4-5-6-7-8-9-10-12(14)11-13(15,16)17/h12H,2-11H2,1H3/t12-/m1/s1. The van der Waals surface area contributed by atoms with E-state index in [9.17, 15) is 0 Å². The first-order valence-electron chi connectivity index (χ1n) is 6.66. The van der Waals surface area contributed by atoms with E-state index in [1.807, 2.05) is 0 Å². The van der Waals surface area contributed by atoms with Gasteiger partial charge in [-0.2, -0.15) is 0 Å². The minimum Gasteiger partial charge on any atom is -0.123 e. The first-order valence-corrected chi connectivity index (χ1v) is 8.23. The number of alkyl halides is 4. The average molecular weight is 322 g/mol. The van der Waals surface area contributed by atoms with Crippen LogP contribution in [0.4, 0.5) is 0 Å². The first kappa shape index (κ1) is 18.2. The highest BCUT2D eigenvalue weighted by Gasteiger charge is 2.23. The van der Waals surface area contributed by atoms with Gasteiger partial charge in [0.05, 0.1) is 0 Å². The van der Waals surface area contributed by atoms with Gasteiger partial charge >= 0.3 is 0 Å². The third-order valence-corrected chi connectivity index (χ3v) is 3.66. The molecule has 0 fully saturated rings. The van der Waals surface area contributed by atoms with Crippen LogP contribution in [0.25, 0.3) is 0 Å². The van der Waals surface area contributed by atoms with Crippen molar-refractivity contribution in [3.8, 4) is 0 Å². The van der Waals surface area contributed by atoms with Crippen molar-refractivity contribution in [2.24, 2.45) is 0 Å². The van der Waals surface area contributed by atoms with Crippen molar-refractivity contribution < 1.29 is 0 Å². The Morgan fingerprint density at radius 2 is 1.29 bits per heavy atom. The Morgan fingerprint density at radius 3 is 1.76 bits per heavy atom. The Kier molecular flexibility index (Phi) is 11.8. The van der Waals surface area contributed by atoms with E-state index in [1.165, 1.54) is 44.9 Å². The molecule has 0 aliphatic carbocycles. The van der Waals surface area contributed by atoms with Crippen LogP contribution < -0.4 is 0 Å². The molecule has 0 aromatic rings. The van der Waals surface area contributed by atoms with Gasteiger partial charge in [0.1, 0.15) is 0 Å². The summed E-state index contributed by atoms with van der Waals surface area (Å²) in [5.41, 5.74) is 0. The largest absolute Gasteiger partial charge is 0.192 e. The van der Waals surface area contributed by atoms with E-state index in [-0.39, 0.29) is 5.38 Å². The molecule has 0 saturated carbocycles. The van der Waals surface area contributed by atoms with E-state index in [1.54, 1.807) is 0 Å². The lowest BCUT2D eigenvalue weighted by Gasteiger charge is -2.15. The monoisotopic (exact) mass is 320 g/mol. The highest BCUT2D eigenvalue weighted by Crippen LogP contribution is 2.34. The van der Waals surface area contributed by atoms with Gasteiger partial charge in [0.25, 0.3) is 0 Å². The van der Waals surface area contributed by atoms with Crippen molar-refractivity contribution in [1.29, 1.82) is 0 Å². The van der Waals surface area contributed by atoms with Gasteiger partial charge in [0, 0.05) is 11.8 Å². The summed E-state index contributed by atoms with van der Waals surface area (Å²) >= 11 is 23.1. The van der Waals surface area contributed by atoms with Gasteiger partial charge in [-0.15, -0.1) is 11.6 Å². The zero-order valence-electron chi connectivity index (χ0n) is 10.7. The Balaban J connectivity index is 3.22. The molecule has 0 N–H and O–H groups in total. The second kappa shape index (κ2) is 11.0. The van der Waals surface area contributed by atoms with E-state index >= 15 is 0 Å². The van der Waals surface area contributed by atoms with Crippen LogP contribution >= 0.6 is 46.4 Å². The van der Waals surface area contributed by atoms with E-state index in [2.05, 4.69) is 6.92 Å². The van der Waals surface area contributed by atoms with Crippen LogP contribution in [0, 0.1) is 0 Å². The summed E-state index contributed by atoms with van der Waals surface area (Å²) in [4.78, 5) is 0. The van der Waals surface area contributed by atoms with Crippen molar-refractivity contribution in [3.05, 3.63) is 0 Å². The van der Waals surface area contributed by atoms with E-state index in [0.717, 1.165) is 12.8 Å². The number of halogens is 4. The third kappa shape index (κ3) is 15.1. The SMILES string of the molecule is CCCCCCCCCC[C@@H](Cl)CC(Cl)(Cl)Cl. The van der Waals surface area contributed by atoms with Gasteiger partial charge in [-0.3, -0.25) is 0 Å². The lowest BCUT2D eigenvalue weighted by molar-refractivity contribution is 0.553. The zero-order valence-corrected chi connectivity index (χ0v) is 13.7. The summed E-state index contributed by atoms with van der Waals surface area (Å²) in [5.74, 6) is 0. The quantitative estimate of drug-likeness (QED) is 0.303. The van der Waals surface area contributed by atoms with Gasteiger partial charge < -0.3 is 0 Å². The highest BCUT2D eigenvalue weighted by atomic mass is 35.6. The normalized spacial score (nSPS) is 13.9. The molecule has 0 spiro atoms. The molecule has 0 unspecified atom stereocenters. The molecule has 0 nitrogen and oxygen atoms in total. The fourth-order valence-electron chi connectivity index (χ4n) is 1.85. The molecule has 4 heteroatoms. The van der Waals surface area contributed by atoms with Gasteiger partial charge in [-0.05, 0) is 6.42 Å². The Hall–Kier alpha value is 1.16. The minimum atomic E-state index is -1.20. The molecule has 0 bridgehead atoms. The van der Waals surface area contributed by atoms with Crippen LogP contribution in [-0.2, 0) is 0 Å². The van der Waals surface area contributed by atoms with Gasteiger partial charge in [-0.1, -0.05) is 93.1 Å². The predicted molar refractivity (Wildman–Crippen MR) is 81.8 cm³/mol. The zero-order chi connectivity index (χ0) is 13.1. The van der Waals surface area contributed by atoms with Crippen LogP contribution in [0.1, 0.15) is 71.1 Å². The third-order valence-electron chi connectivity index (χ3n) is 2.82. The van der Waals surface area contributed by atoms with Crippen LogP contribution in [0.15, 0.2) is 0 Å². The molecule has 104 valence electrons. The Bertz CT molecular complexity index is 165. The first-order chi connectivity index (χ1) is 7.95. The molecule has 0 radical (unpaired) electrons. The van der Waals surface area contributed by atoms with Crippen molar-refractivity contribution in [2.45, 2.75) is 80.3 Å². The van der Waals surface area contributed by atoms with E-state index in [4.69, 9.17) is 46.4 Å². The minimum absolute atomic E-state index is 0.0115. The molecule has 0 aromatic carbocycles. The summed E-state index contributed by atoms with van der Waals surface area (Å²) in [5, 5.41) is -0.0115. The smallest absolute Gasteiger partial charge is 0.123 e. The Labute approximate surface area is 126 Å². The van der Waals surface area contributed by atoms with E-state index in [0.29, 0.717) is 6.42 Å². The maximum Gasteiger partial charge on any atom is 0.192 e. The molecular weight excluding hydrogens is 298 g/mol. The molecule has 0 rings (SSSR count). The summed E-state index contributed by atoms with van der Waals surface area (Å²) < 4.78 is -1.20. The topological polar surface area (TPSA) is 0 Å². The Morgan fingerprint density at radius 1 is 0.824 bits per heavy atom. The number of hydrogen-bond acceptors (Lipinski definition) is 0. The molecule has 0 aliphatic rings. The molecule has 0 aromatic heterocycles. The summed E-state index contributed by atoms with van der Waals surface area (Å²) in [7, 11) is 0. The summed E-state index contributed by atoms with van der Waals surface area (Å²) in [6, 6.07) is 0. The van der Waals surface area contributed by atoms with Crippen molar-refractivity contribution in [3.63, 3.8) is 0 Å². The molecule has 1 atom stereocenters. The molecule has 0 aliphatic heterocycles. The van der Waals surface area contributed by atoms with Gasteiger partial charge in [-0.25, -0.2) is 0 Å². The molecule has 0 amide bonds. The van der Waals surface area contributed by atoms with Crippen molar-refractivity contribution in [2.75, 3.05) is 0 Å².